The molecule has 26 heavy (non-hydrogen) atoms. The van der Waals surface area contributed by atoms with Crippen LogP contribution in [0.25, 0.3) is 6.08 Å². The van der Waals surface area contributed by atoms with Crippen LogP contribution in [-0.2, 0) is 14.3 Å². The molecule has 7 nitrogen and oxygen atoms in total. The van der Waals surface area contributed by atoms with E-state index in [1.165, 1.54) is 6.20 Å². The first-order valence-electron chi connectivity index (χ1n) is 7.89. The van der Waals surface area contributed by atoms with E-state index in [1.54, 1.807) is 45.1 Å². The highest BCUT2D eigenvalue weighted by Crippen LogP contribution is 2.10. The third-order valence-electron chi connectivity index (χ3n) is 2.38. The van der Waals surface area contributed by atoms with Crippen LogP contribution in [0.5, 0.6) is 0 Å². The maximum Gasteiger partial charge on any atom is 0.506 e. The number of allylic oxidation sites excluding steroid dienone is 2. The number of ether oxygens (including phenoxy) is 2. The van der Waals surface area contributed by atoms with Crippen molar-refractivity contribution in [2.45, 2.75) is 39.7 Å². The van der Waals surface area contributed by atoms with Gasteiger partial charge < -0.3 is 20.3 Å². The van der Waals surface area contributed by atoms with Gasteiger partial charge >= 0.3 is 12.1 Å². The molecule has 144 valence electrons. The van der Waals surface area contributed by atoms with Crippen LogP contribution in [0.3, 0.4) is 0 Å². The van der Waals surface area contributed by atoms with E-state index in [4.69, 9.17) is 15.6 Å². The molecule has 0 radical (unpaired) electrons. The molecule has 0 aliphatic carbocycles. The molecule has 0 fully saturated rings. The first kappa shape index (κ1) is 23.4. The molecule has 0 unspecified atom stereocenters. The lowest BCUT2D eigenvalue weighted by atomic mass is 10.2. The van der Waals surface area contributed by atoms with E-state index in [0.717, 1.165) is 4.88 Å². The van der Waals surface area contributed by atoms with Crippen LogP contribution >= 0.6 is 11.3 Å². The van der Waals surface area contributed by atoms with E-state index in [9.17, 15) is 9.59 Å². The summed E-state index contributed by atoms with van der Waals surface area (Å²) in [5, 5.41) is 10.0. The molecular formula is C18H26N2O5S. The van der Waals surface area contributed by atoms with E-state index in [2.05, 4.69) is 9.73 Å². The van der Waals surface area contributed by atoms with Gasteiger partial charge in [0.15, 0.2) is 6.73 Å². The summed E-state index contributed by atoms with van der Waals surface area (Å²) in [6, 6.07) is 3.98. The molecule has 0 aliphatic heterocycles. The van der Waals surface area contributed by atoms with Gasteiger partial charge in [-0.05, 0) is 56.6 Å². The molecule has 0 aromatic carbocycles. The van der Waals surface area contributed by atoms with Crippen LogP contribution in [0, 0.1) is 0 Å². The largest absolute Gasteiger partial charge is 0.506 e. The van der Waals surface area contributed by atoms with Gasteiger partial charge in [0.05, 0.1) is 5.71 Å². The van der Waals surface area contributed by atoms with Gasteiger partial charge in [-0.2, -0.15) is 0 Å². The van der Waals surface area contributed by atoms with Crippen molar-refractivity contribution in [2.75, 3.05) is 6.73 Å². The van der Waals surface area contributed by atoms with Crippen molar-refractivity contribution in [1.29, 1.82) is 0 Å². The van der Waals surface area contributed by atoms with Gasteiger partial charge in [-0.25, -0.2) is 9.79 Å². The molecule has 3 N–H and O–H groups in total. The molecule has 0 atom stereocenters. The minimum absolute atomic E-state index is 0.0150. The fraction of sp³-hybridized carbons (Fsp3) is 0.389. The smallest absolute Gasteiger partial charge is 0.450 e. The zero-order valence-corrected chi connectivity index (χ0v) is 16.3. The molecule has 8 heteroatoms. The highest BCUT2D eigenvalue weighted by atomic mass is 32.1. The van der Waals surface area contributed by atoms with E-state index < -0.39 is 11.8 Å². The minimum atomic E-state index is -1.22. The Morgan fingerprint density at radius 1 is 1.35 bits per heavy atom. The molecular weight excluding hydrogens is 356 g/mol. The number of carboxylic acid groups (broad SMARTS) is 1. The lowest BCUT2D eigenvalue weighted by Crippen LogP contribution is -2.22. The second kappa shape index (κ2) is 12.7. The fourth-order valence-electron chi connectivity index (χ4n) is 1.36. The summed E-state index contributed by atoms with van der Waals surface area (Å²) < 4.78 is 9.23. The van der Waals surface area contributed by atoms with Gasteiger partial charge in [-0.3, -0.25) is 4.79 Å². The average Bonchev–Trinajstić information content (AvgIpc) is 3.04. The summed E-state index contributed by atoms with van der Waals surface area (Å²) >= 11 is 1.63. The molecule has 1 aromatic rings. The SMILES string of the molecule is CC(C)(C)OC(=O)O.CCC(=O)OC/N=C(/C=C\N)\C=C\c1cccs1. The standard InChI is InChI=1S/C13H16N2O2S.C5H10O3/c1-2-13(16)17-10-15-11(7-8-14)5-6-12-4-3-9-18-12;1-5(2,3)8-4(6)7/h3-9H,2,10,14H2,1H3;1-3H3,(H,6,7)/b6-5+,8-7-,15-11+;. The van der Waals surface area contributed by atoms with E-state index in [0.29, 0.717) is 12.1 Å². The maximum absolute atomic E-state index is 10.9. The predicted molar refractivity (Wildman–Crippen MR) is 104 cm³/mol. The number of carbonyl (C=O) groups excluding carboxylic acids is 1. The van der Waals surface area contributed by atoms with E-state index >= 15 is 0 Å². The molecule has 1 aromatic heterocycles. The lowest BCUT2D eigenvalue weighted by molar-refractivity contribution is -0.142. The zero-order chi connectivity index (χ0) is 20.0. The second-order valence-corrected chi connectivity index (χ2v) is 6.75. The molecule has 0 saturated heterocycles. The van der Waals surface area contributed by atoms with Crippen LogP contribution < -0.4 is 5.73 Å². The van der Waals surface area contributed by atoms with Crippen molar-refractivity contribution in [3.8, 4) is 0 Å². The number of carbonyl (C=O) groups is 2. The van der Waals surface area contributed by atoms with Gasteiger partial charge in [-0.1, -0.05) is 13.0 Å². The van der Waals surface area contributed by atoms with Crippen LogP contribution in [0.2, 0.25) is 0 Å². The summed E-state index contributed by atoms with van der Waals surface area (Å²) in [6.07, 6.45) is 5.95. The Balaban J connectivity index is 0.000000660. The van der Waals surface area contributed by atoms with Gasteiger partial charge in [-0.15, -0.1) is 11.3 Å². The number of nitrogens with zero attached hydrogens (tertiary/aromatic N) is 1. The Hall–Kier alpha value is -2.61. The summed E-state index contributed by atoms with van der Waals surface area (Å²) in [5.41, 5.74) is 5.42. The van der Waals surface area contributed by atoms with Crippen molar-refractivity contribution in [3.63, 3.8) is 0 Å². The first-order chi connectivity index (χ1) is 12.2. The topological polar surface area (TPSA) is 111 Å². The van der Waals surface area contributed by atoms with Crippen molar-refractivity contribution in [2.24, 2.45) is 10.7 Å². The van der Waals surface area contributed by atoms with Crippen molar-refractivity contribution in [3.05, 3.63) is 40.7 Å². The number of nitrogens with two attached hydrogens (primary N) is 1. The molecule has 0 amide bonds. The second-order valence-electron chi connectivity index (χ2n) is 5.77. The lowest BCUT2D eigenvalue weighted by Gasteiger charge is -2.15. The number of thiophene rings is 1. The number of hydrogen-bond acceptors (Lipinski definition) is 7. The van der Waals surface area contributed by atoms with E-state index in [-0.39, 0.29) is 12.7 Å². The first-order valence-corrected chi connectivity index (χ1v) is 8.77. The molecule has 0 bridgehead atoms. The molecule has 0 saturated carbocycles. The quantitative estimate of drug-likeness (QED) is 0.567. The predicted octanol–water partition coefficient (Wildman–Crippen LogP) is 4.06. The number of aliphatic imine (C=N–C) groups is 1. The zero-order valence-electron chi connectivity index (χ0n) is 15.5. The van der Waals surface area contributed by atoms with Crippen LogP contribution in [-0.4, -0.2) is 35.3 Å². The number of esters is 1. The Kier molecular flexibility index (Phi) is 11.4. The Morgan fingerprint density at radius 3 is 2.46 bits per heavy atom. The van der Waals surface area contributed by atoms with Gasteiger partial charge in [0.2, 0.25) is 0 Å². The van der Waals surface area contributed by atoms with Gasteiger partial charge in [0, 0.05) is 11.3 Å². The minimum Gasteiger partial charge on any atom is -0.450 e. The monoisotopic (exact) mass is 382 g/mol. The van der Waals surface area contributed by atoms with Crippen LogP contribution in [0.1, 0.15) is 39.0 Å². The molecule has 0 aliphatic rings. The normalized spacial score (nSPS) is 11.9. The summed E-state index contributed by atoms with van der Waals surface area (Å²) in [6.45, 7) is 6.80. The van der Waals surface area contributed by atoms with Gasteiger partial charge in [0.25, 0.3) is 0 Å². The van der Waals surface area contributed by atoms with Crippen molar-refractivity contribution < 1.29 is 24.2 Å². The summed E-state index contributed by atoms with van der Waals surface area (Å²) in [5.74, 6) is -0.267. The highest BCUT2D eigenvalue weighted by molar-refractivity contribution is 7.10. The Bertz CT molecular complexity index is 629. The van der Waals surface area contributed by atoms with Crippen molar-refractivity contribution >= 4 is 35.2 Å². The molecule has 1 rings (SSSR count). The Labute approximate surface area is 157 Å². The fourth-order valence-corrected chi connectivity index (χ4v) is 1.97. The maximum atomic E-state index is 10.9. The van der Waals surface area contributed by atoms with Crippen LogP contribution in [0.4, 0.5) is 4.79 Å². The van der Waals surface area contributed by atoms with Crippen molar-refractivity contribution in [1.82, 2.24) is 0 Å². The molecule has 1 heterocycles. The third-order valence-corrected chi connectivity index (χ3v) is 3.22. The molecule has 0 spiro atoms. The number of hydrogen-bond donors (Lipinski definition) is 2. The van der Waals surface area contributed by atoms with Gasteiger partial charge in [0.1, 0.15) is 5.60 Å². The Morgan fingerprint density at radius 2 is 2.04 bits per heavy atom. The summed E-state index contributed by atoms with van der Waals surface area (Å²) in [7, 11) is 0. The van der Waals surface area contributed by atoms with Crippen LogP contribution in [0.15, 0.2) is 40.9 Å². The summed E-state index contributed by atoms with van der Waals surface area (Å²) in [4.78, 5) is 26.0. The van der Waals surface area contributed by atoms with E-state index in [1.807, 2.05) is 29.7 Å². The number of rotatable bonds is 6. The highest BCUT2D eigenvalue weighted by Gasteiger charge is 2.13. The third kappa shape index (κ3) is 13.8. The average molecular weight is 382 g/mol.